The van der Waals surface area contributed by atoms with Gasteiger partial charge in [0.25, 0.3) is 5.91 Å². The van der Waals surface area contributed by atoms with Crippen molar-refractivity contribution in [2.45, 2.75) is 6.18 Å². The molecule has 1 aliphatic heterocycles. The van der Waals surface area contributed by atoms with Gasteiger partial charge in [0, 0.05) is 36.9 Å². The molecule has 0 bridgehead atoms. The van der Waals surface area contributed by atoms with Gasteiger partial charge < -0.3 is 14.5 Å². The van der Waals surface area contributed by atoms with Crippen LogP contribution in [0, 0.1) is 0 Å². The molecule has 1 saturated heterocycles. The Hall–Kier alpha value is -2.41. The number of anilines is 1. The molecule has 4 nitrogen and oxygen atoms in total. The van der Waals surface area contributed by atoms with E-state index in [0.717, 1.165) is 6.07 Å². The predicted molar refractivity (Wildman–Crippen MR) is 97.2 cm³/mol. The first kappa shape index (κ1) is 19.4. The fourth-order valence-electron chi connectivity index (χ4n) is 2.96. The maximum absolute atomic E-state index is 13.3. The Labute approximate surface area is 160 Å². The smallest absolute Gasteiger partial charge is 0.418 e. The number of carbonyl (C=O) groups is 1. The third-order valence-corrected chi connectivity index (χ3v) is 4.58. The van der Waals surface area contributed by atoms with Crippen molar-refractivity contribution in [1.82, 2.24) is 4.90 Å². The maximum Gasteiger partial charge on any atom is 0.418 e. The van der Waals surface area contributed by atoms with Crippen LogP contribution >= 0.6 is 11.6 Å². The molecule has 0 radical (unpaired) electrons. The number of hydrogen-bond donors (Lipinski definition) is 0. The van der Waals surface area contributed by atoms with Gasteiger partial charge in [0.05, 0.1) is 5.56 Å². The van der Waals surface area contributed by atoms with Gasteiger partial charge in [0.15, 0.2) is 6.61 Å². The summed E-state index contributed by atoms with van der Waals surface area (Å²) in [6.45, 7) is 1.18. The molecule has 1 aliphatic rings. The number of rotatable bonds is 4. The molecule has 2 aromatic rings. The largest absolute Gasteiger partial charge is 0.484 e. The first-order chi connectivity index (χ1) is 12.8. The topological polar surface area (TPSA) is 32.8 Å². The number of benzene rings is 2. The lowest BCUT2D eigenvalue weighted by Crippen LogP contribution is -2.50. The highest BCUT2D eigenvalue weighted by molar-refractivity contribution is 6.30. The minimum atomic E-state index is -4.49. The molecule has 27 heavy (non-hydrogen) atoms. The van der Waals surface area contributed by atoms with E-state index in [2.05, 4.69) is 0 Å². The quantitative estimate of drug-likeness (QED) is 0.777. The number of piperazine rings is 1. The van der Waals surface area contributed by atoms with E-state index < -0.39 is 11.7 Å². The molecule has 0 N–H and O–H groups in total. The summed E-state index contributed by atoms with van der Waals surface area (Å²) in [6.07, 6.45) is -4.49. The van der Waals surface area contributed by atoms with Gasteiger partial charge in [-0.05, 0) is 30.3 Å². The maximum atomic E-state index is 13.3. The first-order valence-electron chi connectivity index (χ1n) is 8.42. The molecule has 0 saturated carbocycles. The summed E-state index contributed by atoms with van der Waals surface area (Å²) in [4.78, 5) is 15.5. The molecule has 8 heteroatoms. The predicted octanol–water partition coefficient (Wildman–Crippen LogP) is 4.09. The average molecular weight is 399 g/mol. The van der Waals surface area contributed by atoms with Crippen LogP contribution in [0.25, 0.3) is 0 Å². The van der Waals surface area contributed by atoms with Crippen LogP contribution in [0.1, 0.15) is 5.56 Å². The molecule has 0 atom stereocenters. The number of para-hydroxylation sites is 1. The van der Waals surface area contributed by atoms with Crippen LogP contribution in [0.5, 0.6) is 5.75 Å². The van der Waals surface area contributed by atoms with E-state index >= 15 is 0 Å². The number of alkyl halides is 3. The molecular formula is C19H18ClF3N2O2. The van der Waals surface area contributed by atoms with Crippen LogP contribution in [0.15, 0.2) is 48.5 Å². The summed E-state index contributed by atoms with van der Waals surface area (Å²) in [5.74, 6) is 0.408. The van der Waals surface area contributed by atoms with E-state index in [1.54, 1.807) is 21.9 Å². The van der Waals surface area contributed by atoms with Crippen molar-refractivity contribution in [1.29, 1.82) is 0 Å². The highest BCUT2D eigenvalue weighted by atomic mass is 35.5. The molecule has 3 rings (SSSR count). The Morgan fingerprint density at radius 1 is 1.04 bits per heavy atom. The van der Waals surface area contributed by atoms with E-state index in [-0.39, 0.29) is 23.2 Å². The van der Waals surface area contributed by atoms with Gasteiger partial charge in [0.2, 0.25) is 0 Å². The van der Waals surface area contributed by atoms with E-state index in [1.807, 2.05) is 18.2 Å². The van der Waals surface area contributed by atoms with Crippen molar-refractivity contribution in [3.8, 4) is 5.75 Å². The summed E-state index contributed by atoms with van der Waals surface area (Å²) >= 11 is 5.73. The van der Waals surface area contributed by atoms with E-state index in [4.69, 9.17) is 16.3 Å². The zero-order valence-corrected chi connectivity index (χ0v) is 15.1. The van der Waals surface area contributed by atoms with Crippen molar-refractivity contribution < 1.29 is 22.7 Å². The number of carbonyl (C=O) groups excluding carboxylic acids is 1. The Bertz CT molecular complexity index is 791. The van der Waals surface area contributed by atoms with Crippen LogP contribution in [0.3, 0.4) is 0 Å². The third kappa shape index (κ3) is 4.86. The van der Waals surface area contributed by atoms with E-state index in [1.165, 1.54) is 12.1 Å². The van der Waals surface area contributed by atoms with Gasteiger partial charge in [-0.15, -0.1) is 0 Å². The van der Waals surface area contributed by atoms with Crippen LogP contribution in [-0.2, 0) is 11.0 Å². The van der Waals surface area contributed by atoms with Gasteiger partial charge >= 0.3 is 6.18 Å². The van der Waals surface area contributed by atoms with Gasteiger partial charge in [-0.3, -0.25) is 4.79 Å². The van der Waals surface area contributed by atoms with Crippen molar-refractivity contribution >= 4 is 23.2 Å². The van der Waals surface area contributed by atoms with Crippen LogP contribution in [-0.4, -0.2) is 43.6 Å². The fraction of sp³-hybridized carbons (Fsp3) is 0.316. The second-order valence-electron chi connectivity index (χ2n) is 6.13. The van der Waals surface area contributed by atoms with Crippen LogP contribution in [0.4, 0.5) is 18.9 Å². The lowest BCUT2D eigenvalue weighted by Gasteiger charge is -2.37. The number of nitrogens with zero attached hydrogens (tertiary/aromatic N) is 2. The van der Waals surface area contributed by atoms with Gasteiger partial charge in [0.1, 0.15) is 5.75 Å². The summed E-state index contributed by atoms with van der Waals surface area (Å²) in [5.41, 5.74) is -0.679. The van der Waals surface area contributed by atoms with Crippen molar-refractivity contribution in [2.75, 3.05) is 37.7 Å². The Morgan fingerprint density at radius 2 is 1.70 bits per heavy atom. The second-order valence-corrected chi connectivity index (χ2v) is 6.57. The minimum absolute atomic E-state index is 0.0398. The van der Waals surface area contributed by atoms with Crippen molar-refractivity contribution in [3.63, 3.8) is 0 Å². The summed E-state index contributed by atoms with van der Waals surface area (Å²) in [7, 11) is 0. The monoisotopic (exact) mass is 398 g/mol. The van der Waals surface area contributed by atoms with Crippen molar-refractivity contribution in [3.05, 3.63) is 59.1 Å². The Kier molecular flexibility index (Phi) is 5.79. The Morgan fingerprint density at radius 3 is 2.33 bits per heavy atom. The molecule has 0 unspecified atom stereocenters. The lowest BCUT2D eigenvalue weighted by atomic mass is 10.1. The average Bonchev–Trinajstić information content (AvgIpc) is 2.66. The molecule has 144 valence electrons. The van der Waals surface area contributed by atoms with Gasteiger partial charge in [-0.25, -0.2) is 0 Å². The molecule has 1 heterocycles. The standard InChI is InChI=1S/C19H18ClF3N2O2/c20-14-6-7-17(16(12-14)19(21,22)23)24-8-10-25(11-9-24)18(26)13-27-15-4-2-1-3-5-15/h1-7,12H,8-11,13H2. The number of ether oxygens (including phenoxy) is 1. The van der Waals surface area contributed by atoms with Crippen molar-refractivity contribution in [2.24, 2.45) is 0 Å². The Balaban J connectivity index is 1.60. The number of hydrogen-bond acceptors (Lipinski definition) is 3. The first-order valence-corrected chi connectivity index (χ1v) is 8.80. The molecule has 0 aliphatic carbocycles. The minimum Gasteiger partial charge on any atom is -0.484 e. The molecular weight excluding hydrogens is 381 g/mol. The van der Waals surface area contributed by atoms with E-state index in [9.17, 15) is 18.0 Å². The summed E-state index contributed by atoms with van der Waals surface area (Å²) < 4.78 is 45.3. The lowest BCUT2D eigenvalue weighted by molar-refractivity contribution is -0.137. The highest BCUT2D eigenvalue weighted by Crippen LogP contribution is 2.38. The number of halogens is 4. The summed E-state index contributed by atoms with van der Waals surface area (Å²) in [5, 5.41) is 0.0398. The molecule has 0 spiro atoms. The molecule has 0 aromatic heterocycles. The van der Waals surface area contributed by atoms with E-state index in [0.29, 0.717) is 31.9 Å². The molecule has 1 fully saturated rings. The van der Waals surface area contributed by atoms with Crippen LogP contribution in [0.2, 0.25) is 5.02 Å². The molecule has 2 aromatic carbocycles. The van der Waals surface area contributed by atoms with Gasteiger partial charge in [-0.1, -0.05) is 29.8 Å². The summed E-state index contributed by atoms with van der Waals surface area (Å²) in [6, 6.07) is 12.7. The highest BCUT2D eigenvalue weighted by Gasteiger charge is 2.36. The zero-order chi connectivity index (χ0) is 19.4. The number of amides is 1. The molecule has 1 amide bonds. The van der Waals surface area contributed by atoms with Gasteiger partial charge in [-0.2, -0.15) is 13.2 Å². The third-order valence-electron chi connectivity index (χ3n) is 4.34. The normalized spacial score (nSPS) is 15.0. The second kappa shape index (κ2) is 8.08. The fourth-order valence-corrected chi connectivity index (χ4v) is 3.13. The SMILES string of the molecule is O=C(COc1ccccc1)N1CCN(c2ccc(Cl)cc2C(F)(F)F)CC1. The van der Waals surface area contributed by atoms with Crippen LogP contribution < -0.4 is 9.64 Å². The zero-order valence-electron chi connectivity index (χ0n) is 14.4.